The predicted octanol–water partition coefficient (Wildman–Crippen LogP) is 2.56. The second kappa shape index (κ2) is 7.27. The number of benzene rings is 1. The molecular formula is C19H22BrN9. The highest BCUT2D eigenvalue weighted by atomic mass is 79.9. The number of hydrogen-bond acceptors (Lipinski definition) is 7. The molecule has 3 N–H and O–H groups in total. The fourth-order valence-electron chi connectivity index (χ4n) is 3.84. The van der Waals surface area contributed by atoms with Crippen molar-refractivity contribution in [3.05, 3.63) is 40.8 Å². The molecule has 0 spiro atoms. The molecule has 4 heterocycles. The minimum absolute atomic E-state index is 0.374. The van der Waals surface area contributed by atoms with Gasteiger partial charge in [-0.15, -0.1) is 0 Å². The molecule has 29 heavy (non-hydrogen) atoms. The van der Waals surface area contributed by atoms with Crippen molar-refractivity contribution in [3.63, 3.8) is 0 Å². The van der Waals surface area contributed by atoms with E-state index in [1.165, 1.54) is 0 Å². The van der Waals surface area contributed by atoms with Gasteiger partial charge in [-0.3, -0.25) is 0 Å². The predicted molar refractivity (Wildman–Crippen MR) is 116 cm³/mol. The van der Waals surface area contributed by atoms with E-state index < -0.39 is 0 Å². The van der Waals surface area contributed by atoms with Crippen molar-refractivity contribution < 1.29 is 0 Å². The second-order valence-electron chi connectivity index (χ2n) is 7.50. The van der Waals surface area contributed by atoms with E-state index in [0.717, 1.165) is 40.1 Å². The van der Waals surface area contributed by atoms with Gasteiger partial charge < -0.3 is 20.5 Å². The summed E-state index contributed by atoms with van der Waals surface area (Å²) in [6, 6.07) is 8.74. The first kappa shape index (κ1) is 18.3. The maximum absolute atomic E-state index is 4.79. The van der Waals surface area contributed by atoms with E-state index in [9.17, 15) is 0 Å². The van der Waals surface area contributed by atoms with Crippen LogP contribution in [0.2, 0.25) is 0 Å². The minimum atomic E-state index is 0.374. The summed E-state index contributed by atoms with van der Waals surface area (Å²) in [7, 11) is 0. The van der Waals surface area contributed by atoms with E-state index in [1.54, 1.807) is 10.7 Å². The van der Waals surface area contributed by atoms with Crippen LogP contribution in [0.4, 0.5) is 11.9 Å². The first-order valence-corrected chi connectivity index (χ1v) is 10.5. The van der Waals surface area contributed by atoms with E-state index in [4.69, 9.17) is 9.97 Å². The third-order valence-electron chi connectivity index (χ3n) is 5.01. The van der Waals surface area contributed by atoms with Gasteiger partial charge in [0, 0.05) is 25.2 Å². The zero-order valence-corrected chi connectivity index (χ0v) is 17.8. The van der Waals surface area contributed by atoms with E-state index >= 15 is 0 Å². The summed E-state index contributed by atoms with van der Waals surface area (Å²) in [5.74, 6) is 2.18. The van der Waals surface area contributed by atoms with Crippen molar-refractivity contribution in [3.8, 4) is 0 Å². The fourth-order valence-corrected chi connectivity index (χ4v) is 4.19. The highest BCUT2D eigenvalue weighted by Gasteiger charge is 2.24. The van der Waals surface area contributed by atoms with Gasteiger partial charge in [-0.05, 0) is 41.9 Å². The Kier molecular flexibility index (Phi) is 4.59. The van der Waals surface area contributed by atoms with Crippen LogP contribution in [0.3, 0.4) is 0 Å². The molecule has 0 saturated carbocycles. The lowest BCUT2D eigenvalue weighted by Gasteiger charge is -2.36. The number of imidazole rings is 1. The van der Waals surface area contributed by atoms with Crippen molar-refractivity contribution in [1.82, 2.24) is 34.9 Å². The molecule has 1 fully saturated rings. The van der Waals surface area contributed by atoms with Crippen LogP contribution in [-0.4, -0.2) is 54.7 Å². The number of anilines is 2. The maximum Gasteiger partial charge on any atom is 0.230 e. The Morgan fingerprint density at radius 1 is 1.14 bits per heavy atom. The van der Waals surface area contributed by atoms with Gasteiger partial charge in [-0.25, -0.2) is 4.98 Å². The molecule has 0 amide bonds. The van der Waals surface area contributed by atoms with Gasteiger partial charge in [0.1, 0.15) is 5.82 Å². The van der Waals surface area contributed by atoms with Crippen molar-refractivity contribution in [2.24, 2.45) is 0 Å². The molecule has 5 rings (SSSR count). The van der Waals surface area contributed by atoms with Gasteiger partial charge >= 0.3 is 0 Å². The van der Waals surface area contributed by atoms with Crippen LogP contribution < -0.4 is 15.5 Å². The Bertz CT molecular complexity index is 1120. The van der Waals surface area contributed by atoms with Gasteiger partial charge in [0.2, 0.25) is 11.9 Å². The van der Waals surface area contributed by atoms with E-state index in [2.05, 4.69) is 60.4 Å². The average molecular weight is 456 g/mol. The standard InChI is InChI=1S/C19H22BrN9/c1-11-9-28(10-12(2)23-11)19-26-17-13(20)7-22-29(17)18(27-19)21-8-16-24-14-5-3-4-6-15(14)25-16/h3-7,11-12,23H,8-10H2,1-2H3,(H,24,25)(H,21,26,27)/t11-,12+. The van der Waals surface area contributed by atoms with Crippen LogP contribution in [0.5, 0.6) is 0 Å². The smallest absolute Gasteiger partial charge is 0.230 e. The molecule has 1 aliphatic rings. The number of aromatic amines is 1. The minimum Gasteiger partial charge on any atom is -0.347 e. The summed E-state index contributed by atoms with van der Waals surface area (Å²) >= 11 is 3.55. The quantitative estimate of drug-likeness (QED) is 0.434. The summed E-state index contributed by atoms with van der Waals surface area (Å²) < 4.78 is 2.55. The molecule has 150 valence electrons. The summed E-state index contributed by atoms with van der Waals surface area (Å²) in [5, 5.41) is 11.3. The van der Waals surface area contributed by atoms with Crippen LogP contribution in [0.1, 0.15) is 19.7 Å². The zero-order chi connectivity index (χ0) is 20.0. The number of para-hydroxylation sites is 2. The van der Waals surface area contributed by atoms with E-state index in [1.807, 2.05) is 24.3 Å². The van der Waals surface area contributed by atoms with Crippen LogP contribution in [0, 0.1) is 0 Å². The molecule has 2 atom stereocenters. The van der Waals surface area contributed by atoms with Gasteiger partial charge in [-0.1, -0.05) is 12.1 Å². The van der Waals surface area contributed by atoms with Gasteiger partial charge in [-0.2, -0.15) is 19.6 Å². The number of fused-ring (bicyclic) bond motifs is 2. The molecule has 0 unspecified atom stereocenters. The number of rotatable bonds is 4. The Hall–Kier alpha value is -2.72. The third kappa shape index (κ3) is 3.53. The van der Waals surface area contributed by atoms with Crippen molar-refractivity contribution in [2.45, 2.75) is 32.5 Å². The Balaban J connectivity index is 1.47. The largest absolute Gasteiger partial charge is 0.347 e. The van der Waals surface area contributed by atoms with E-state index in [0.29, 0.717) is 30.5 Å². The second-order valence-corrected chi connectivity index (χ2v) is 8.36. The summed E-state index contributed by atoms with van der Waals surface area (Å²) in [6.45, 7) is 6.57. The normalized spacial score (nSPS) is 19.9. The lowest BCUT2D eigenvalue weighted by molar-refractivity contribution is 0.403. The van der Waals surface area contributed by atoms with Crippen LogP contribution >= 0.6 is 15.9 Å². The van der Waals surface area contributed by atoms with Crippen molar-refractivity contribution in [2.75, 3.05) is 23.3 Å². The van der Waals surface area contributed by atoms with Crippen molar-refractivity contribution >= 4 is 44.5 Å². The van der Waals surface area contributed by atoms with Gasteiger partial charge in [0.25, 0.3) is 0 Å². The molecule has 1 aliphatic heterocycles. The third-order valence-corrected chi connectivity index (χ3v) is 5.57. The van der Waals surface area contributed by atoms with Crippen LogP contribution in [-0.2, 0) is 6.54 Å². The number of halogens is 1. The molecule has 1 aromatic carbocycles. The first-order chi connectivity index (χ1) is 14.1. The topological polar surface area (TPSA) is 99.1 Å². The monoisotopic (exact) mass is 455 g/mol. The molecule has 4 aromatic rings. The highest BCUT2D eigenvalue weighted by Crippen LogP contribution is 2.23. The molecular weight excluding hydrogens is 434 g/mol. The fraction of sp³-hybridized carbons (Fsp3) is 0.368. The molecule has 9 nitrogen and oxygen atoms in total. The number of nitrogens with zero attached hydrogens (tertiary/aromatic N) is 6. The Labute approximate surface area is 176 Å². The molecule has 1 saturated heterocycles. The number of hydrogen-bond donors (Lipinski definition) is 3. The zero-order valence-electron chi connectivity index (χ0n) is 16.2. The lowest BCUT2D eigenvalue weighted by Crippen LogP contribution is -2.54. The number of nitrogens with one attached hydrogen (secondary N) is 3. The molecule has 0 bridgehead atoms. The van der Waals surface area contributed by atoms with Crippen LogP contribution in [0.15, 0.2) is 34.9 Å². The Morgan fingerprint density at radius 2 is 1.93 bits per heavy atom. The van der Waals surface area contributed by atoms with Gasteiger partial charge in [0.15, 0.2) is 5.65 Å². The van der Waals surface area contributed by atoms with Crippen molar-refractivity contribution in [1.29, 1.82) is 0 Å². The maximum atomic E-state index is 4.79. The van der Waals surface area contributed by atoms with Gasteiger partial charge in [0.05, 0.1) is 28.2 Å². The number of piperazine rings is 1. The van der Waals surface area contributed by atoms with E-state index in [-0.39, 0.29) is 0 Å². The summed E-state index contributed by atoms with van der Waals surface area (Å²) in [4.78, 5) is 19.7. The summed E-state index contributed by atoms with van der Waals surface area (Å²) in [5.41, 5.74) is 2.70. The molecule has 3 aromatic heterocycles. The average Bonchev–Trinajstić information content (AvgIpc) is 3.28. The summed E-state index contributed by atoms with van der Waals surface area (Å²) in [6.07, 6.45) is 1.74. The molecule has 0 radical (unpaired) electrons. The molecule has 10 heteroatoms. The van der Waals surface area contributed by atoms with Crippen LogP contribution in [0.25, 0.3) is 16.7 Å². The number of H-pyrrole nitrogens is 1. The SMILES string of the molecule is C[C@@H]1CN(c2nc(NCc3nc4ccccc4[nH]3)n3ncc(Br)c3n2)C[C@H](C)N1. The first-order valence-electron chi connectivity index (χ1n) is 9.66. The molecule has 0 aliphatic carbocycles. The highest BCUT2D eigenvalue weighted by molar-refractivity contribution is 9.10. The number of aromatic nitrogens is 6. The lowest BCUT2D eigenvalue weighted by atomic mass is 10.1. The Morgan fingerprint density at radius 3 is 2.72 bits per heavy atom.